The van der Waals surface area contributed by atoms with Crippen LogP contribution in [0.25, 0.3) is 0 Å². The van der Waals surface area contributed by atoms with E-state index in [9.17, 15) is 0 Å². The van der Waals surface area contributed by atoms with Gasteiger partial charge in [-0.1, -0.05) is 40.9 Å². The third kappa shape index (κ3) is 0.641. The van der Waals surface area contributed by atoms with Crippen LogP contribution in [0.3, 0.4) is 0 Å². The molecule has 0 spiro atoms. The number of ether oxygens (including phenoxy) is 1. The van der Waals surface area contributed by atoms with Gasteiger partial charge in [0.25, 0.3) is 0 Å². The van der Waals surface area contributed by atoms with Crippen molar-refractivity contribution >= 4 is 34.8 Å². The van der Waals surface area contributed by atoms with Crippen LogP contribution in [0, 0.1) is 0 Å². The average molecular weight is 197 g/mol. The van der Waals surface area contributed by atoms with Crippen LogP contribution in [0.15, 0.2) is 23.3 Å². The molecule has 10 heavy (non-hydrogen) atoms. The molecule has 4 heteroatoms. The topological polar surface area (TPSA) is 12.5 Å². The molecule has 1 fully saturated rings. The third-order valence-electron chi connectivity index (χ3n) is 1.55. The molecule has 0 aromatic carbocycles. The number of epoxide rings is 1. The fourth-order valence-corrected chi connectivity index (χ4v) is 1.77. The Hall–Kier alpha value is 0.310. The highest BCUT2D eigenvalue weighted by Crippen LogP contribution is 2.62. The van der Waals surface area contributed by atoms with E-state index in [0.29, 0.717) is 5.03 Å². The Morgan fingerprint density at radius 2 is 2.10 bits per heavy atom. The number of hydrogen-bond acceptors (Lipinski definition) is 1. The molecule has 0 aromatic heterocycles. The lowest BCUT2D eigenvalue weighted by Crippen LogP contribution is -2.14. The van der Waals surface area contributed by atoms with E-state index in [4.69, 9.17) is 39.5 Å². The summed E-state index contributed by atoms with van der Waals surface area (Å²) in [6.45, 7) is 0. The zero-order valence-corrected chi connectivity index (χ0v) is 7.04. The van der Waals surface area contributed by atoms with Crippen LogP contribution < -0.4 is 0 Å². The van der Waals surface area contributed by atoms with Crippen LogP contribution in [0.2, 0.25) is 0 Å². The summed E-state index contributed by atoms with van der Waals surface area (Å²) in [6, 6.07) is 0. The maximum Gasteiger partial charge on any atom is 0.226 e. The van der Waals surface area contributed by atoms with Crippen LogP contribution in [0.1, 0.15) is 0 Å². The quantitative estimate of drug-likeness (QED) is 0.429. The van der Waals surface area contributed by atoms with Crippen molar-refractivity contribution in [3.05, 3.63) is 23.3 Å². The first-order valence-electron chi connectivity index (χ1n) is 2.72. The van der Waals surface area contributed by atoms with Gasteiger partial charge in [0.15, 0.2) is 0 Å². The molecule has 0 radical (unpaired) electrons. The summed E-state index contributed by atoms with van der Waals surface area (Å²) in [6.07, 6.45) is 5.07. The van der Waals surface area contributed by atoms with Crippen LogP contribution >= 0.6 is 34.8 Å². The normalized spacial score (nSPS) is 50.1. The number of alkyl halides is 2. The molecular weight excluding hydrogens is 194 g/mol. The minimum Gasteiger partial charge on any atom is -0.320 e. The van der Waals surface area contributed by atoms with Gasteiger partial charge in [-0.3, -0.25) is 0 Å². The summed E-state index contributed by atoms with van der Waals surface area (Å²) in [5.74, 6) is 0. The molecule has 2 aliphatic rings. The summed E-state index contributed by atoms with van der Waals surface area (Å²) in [7, 11) is 0. The predicted octanol–water partition coefficient (Wildman–Crippen LogP) is 2.58. The number of rotatable bonds is 0. The maximum absolute atomic E-state index is 5.83. The molecule has 2 rings (SSSR count). The summed E-state index contributed by atoms with van der Waals surface area (Å²) in [4.78, 5) is 0. The second kappa shape index (κ2) is 1.72. The highest BCUT2D eigenvalue weighted by atomic mass is 35.5. The highest BCUT2D eigenvalue weighted by molar-refractivity contribution is 6.46. The van der Waals surface area contributed by atoms with Crippen molar-refractivity contribution in [1.29, 1.82) is 0 Å². The van der Waals surface area contributed by atoms with E-state index in [2.05, 4.69) is 0 Å². The van der Waals surface area contributed by atoms with Gasteiger partial charge in [0.2, 0.25) is 10.1 Å². The molecule has 1 saturated heterocycles. The van der Waals surface area contributed by atoms with Gasteiger partial charge >= 0.3 is 0 Å². The second-order valence-corrected chi connectivity index (χ2v) is 3.72. The number of halogens is 3. The summed E-state index contributed by atoms with van der Waals surface area (Å²) < 4.78 is 5.01. The monoisotopic (exact) mass is 196 g/mol. The van der Waals surface area contributed by atoms with E-state index >= 15 is 0 Å². The molecule has 0 saturated carbocycles. The van der Waals surface area contributed by atoms with E-state index in [1.807, 2.05) is 0 Å². The van der Waals surface area contributed by atoms with Gasteiger partial charge in [-0.05, 0) is 12.2 Å². The van der Waals surface area contributed by atoms with Crippen molar-refractivity contribution in [1.82, 2.24) is 0 Å². The fourth-order valence-electron chi connectivity index (χ4n) is 0.895. The third-order valence-corrected chi connectivity index (χ3v) is 3.16. The molecule has 1 aliphatic carbocycles. The molecule has 0 amide bonds. The van der Waals surface area contributed by atoms with E-state index < -0.39 is 10.1 Å². The first-order valence-corrected chi connectivity index (χ1v) is 3.85. The lowest BCUT2D eigenvalue weighted by molar-refractivity contribution is 0.378. The van der Waals surface area contributed by atoms with Gasteiger partial charge in [0.05, 0.1) is 5.03 Å². The Kier molecular flexibility index (Phi) is 1.20. The van der Waals surface area contributed by atoms with Gasteiger partial charge in [0.1, 0.15) is 0 Å². The zero-order valence-electron chi connectivity index (χ0n) is 4.77. The predicted molar refractivity (Wildman–Crippen MR) is 41.3 cm³/mol. The average Bonchev–Trinajstić information content (AvgIpc) is 2.38. The summed E-state index contributed by atoms with van der Waals surface area (Å²) >= 11 is 17.4. The highest BCUT2D eigenvalue weighted by Gasteiger charge is 2.70. The fraction of sp³-hybridized carbons (Fsp3) is 0.333. The van der Waals surface area contributed by atoms with Crippen molar-refractivity contribution in [2.24, 2.45) is 0 Å². The van der Waals surface area contributed by atoms with Crippen molar-refractivity contribution < 1.29 is 4.74 Å². The molecule has 0 N–H and O–H groups in total. The lowest BCUT2D eigenvalue weighted by Gasteiger charge is -2.06. The standard InChI is InChI=1S/C6H3Cl3O/c7-4-2-1-3-5(8)6(4,9)10-5/h1-3H. The van der Waals surface area contributed by atoms with Gasteiger partial charge in [-0.25, -0.2) is 0 Å². The second-order valence-electron chi connectivity index (χ2n) is 2.22. The minimum atomic E-state index is -0.981. The molecule has 2 unspecified atom stereocenters. The molecule has 1 heterocycles. The van der Waals surface area contributed by atoms with Gasteiger partial charge in [-0.2, -0.15) is 0 Å². The van der Waals surface area contributed by atoms with Crippen molar-refractivity contribution in [3.8, 4) is 0 Å². The molecule has 2 atom stereocenters. The van der Waals surface area contributed by atoms with E-state index in [1.54, 1.807) is 18.2 Å². The van der Waals surface area contributed by atoms with Crippen molar-refractivity contribution in [2.75, 3.05) is 0 Å². The van der Waals surface area contributed by atoms with Crippen LogP contribution in [-0.4, -0.2) is 10.1 Å². The number of fused-ring (bicyclic) bond motifs is 1. The Labute approximate surface area is 73.2 Å². The SMILES string of the molecule is ClC1=CC=CC2(Cl)OC12Cl. The Morgan fingerprint density at radius 3 is 2.60 bits per heavy atom. The smallest absolute Gasteiger partial charge is 0.226 e. The van der Waals surface area contributed by atoms with E-state index in [-0.39, 0.29) is 0 Å². The molecular formula is C6H3Cl3O. The zero-order chi connectivity index (χ0) is 7.41. The van der Waals surface area contributed by atoms with E-state index in [1.165, 1.54) is 0 Å². The van der Waals surface area contributed by atoms with Gasteiger partial charge < -0.3 is 4.74 Å². The number of hydrogen-bond donors (Lipinski definition) is 0. The summed E-state index contributed by atoms with van der Waals surface area (Å²) in [5.41, 5.74) is 0. The molecule has 0 bridgehead atoms. The largest absolute Gasteiger partial charge is 0.320 e. The van der Waals surface area contributed by atoms with Crippen LogP contribution in [0.5, 0.6) is 0 Å². The molecule has 0 aromatic rings. The van der Waals surface area contributed by atoms with Gasteiger partial charge in [-0.15, -0.1) is 0 Å². The minimum absolute atomic E-state index is 0.437. The van der Waals surface area contributed by atoms with Crippen molar-refractivity contribution in [3.63, 3.8) is 0 Å². The van der Waals surface area contributed by atoms with Crippen LogP contribution in [0.4, 0.5) is 0 Å². The molecule has 54 valence electrons. The first kappa shape index (κ1) is 6.99. The van der Waals surface area contributed by atoms with E-state index in [0.717, 1.165) is 0 Å². The summed E-state index contributed by atoms with van der Waals surface area (Å²) in [5, 5.41) is -1.43. The van der Waals surface area contributed by atoms with Crippen LogP contribution in [-0.2, 0) is 4.74 Å². The first-order chi connectivity index (χ1) is 4.58. The van der Waals surface area contributed by atoms with Crippen molar-refractivity contribution in [2.45, 2.75) is 10.1 Å². The van der Waals surface area contributed by atoms with Gasteiger partial charge in [0, 0.05) is 0 Å². The molecule has 1 aliphatic heterocycles. The maximum atomic E-state index is 5.83. The Morgan fingerprint density at radius 1 is 1.40 bits per heavy atom. The number of allylic oxidation sites excluding steroid dienone is 2. The molecule has 1 nitrogen and oxygen atoms in total. The lowest BCUT2D eigenvalue weighted by atomic mass is 10.2. The Bertz CT molecular complexity index is 247. The Balaban J connectivity index is 2.44.